The van der Waals surface area contributed by atoms with Gasteiger partial charge in [-0.1, -0.05) is 0 Å². The number of rotatable bonds is 2. The van der Waals surface area contributed by atoms with E-state index < -0.39 is 0 Å². The normalized spacial score (nSPS) is 30.7. The predicted octanol–water partition coefficient (Wildman–Crippen LogP) is 0.0616. The maximum atomic E-state index is 12.7. The molecule has 3 aliphatic rings. The van der Waals surface area contributed by atoms with Crippen LogP contribution in [0.3, 0.4) is 0 Å². The fourth-order valence-electron chi connectivity index (χ4n) is 3.60. The highest BCUT2D eigenvalue weighted by Gasteiger charge is 2.38. The van der Waals surface area contributed by atoms with Crippen molar-refractivity contribution in [3.63, 3.8) is 0 Å². The largest absolute Gasteiger partial charge is 0.381 e. The number of nitrogens with one attached hydrogen (secondary N) is 1. The molecular weight excluding hydrogens is 242 g/mol. The topological polar surface area (TPSA) is 44.8 Å². The van der Waals surface area contributed by atoms with E-state index in [0.717, 1.165) is 65.2 Å². The van der Waals surface area contributed by atoms with Crippen LogP contribution in [0.2, 0.25) is 0 Å². The molecule has 3 fully saturated rings. The Labute approximate surface area is 115 Å². The number of nitrogens with zero attached hydrogens (tertiary/aromatic N) is 2. The van der Waals surface area contributed by atoms with Crippen molar-refractivity contribution in [2.45, 2.75) is 37.8 Å². The summed E-state index contributed by atoms with van der Waals surface area (Å²) in [4.78, 5) is 17.2. The van der Waals surface area contributed by atoms with Crippen LogP contribution in [0.1, 0.15) is 25.7 Å². The van der Waals surface area contributed by atoms with Gasteiger partial charge in [0.15, 0.2) is 0 Å². The van der Waals surface area contributed by atoms with Gasteiger partial charge in [0.25, 0.3) is 0 Å². The Kier molecular flexibility index (Phi) is 4.35. The van der Waals surface area contributed by atoms with Crippen LogP contribution in [0.5, 0.6) is 0 Å². The van der Waals surface area contributed by atoms with E-state index in [1.54, 1.807) is 0 Å². The summed E-state index contributed by atoms with van der Waals surface area (Å²) in [5.41, 5.74) is 0. The van der Waals surface area contributed by atoms with Crippen LogP contribution in [-0.4, -0.2) is 73.7 Å². The van der Waals surface area contributed by atoms with Crippen LogP contribution in [0.25, 0.3) is 0 Å². The quantitative estimate of drug-likeness (QED) is 0.768. The standard InChI is InChI=1S/C14H25N3O2/c18-14(16-8-5-15-6-9-16)13-2-1-7-17(13)12-3-10-19-11-4-12/h12-13,15H,1-11H2. The second-order valence-corrected chi connectivity index (χ2v) is 5.81. The van der Waals surface area contributed by atoms with Crippen molar-refractivity contribution in [3.05, 3.63) is 0 Å². The summed E-state index contributed by atoms with van der Waals surface area (Å²) in [6.45, 7) is 6.43. The van der Waals surface area contributed by atoms with Gasteiger partial charge < -0.3 is 15.0 Å². The van der Waals surface area contributed by atoms with Gasteiger partial charge in [0.2, 0.25) is 5.91 Å². The number of likely N-dealkylation sites (tertiary alicyclic amines) is 1. The fourth-order valence-corrected chi connectivity index (χ4v) is 3.60. The van der Waals surface area contributed by atoms with Crippen LogP contribution in [-0.2, 0) is 9.53 Å². The molecule has 108 valence electrons. The van der Waals surface area contributed by atoms with E-state index >= 15 is 0 Å². The Bertz CT molecular complexity index is 312. The molecule has 3 saturated heterocycles. The van der Waals surface area contributed by atoms with Gasteiger partial charge >= 0.3 is 0 Å². The number of ether oxygens (including phenoxy) is 1. The lowest BCUT2D eigenvalue weighted by Crippen LogP contribution is -2.54. The maximum absolute atomic E-state index is 12.7. The van der Waals surface area contributed by atoms with Gasteiger partial charge in [-0.15, -0.1) is 0 Å². The van der Waals surface area contributed by atoms with Crippen LogP contribution in [0.4, 0.5) is 0 Å². The van der Waals surface area contributed by atoms with Gasteiger partial charge in [0.1, 0.15) is 0 Å². The summed E-state index contributed by atoms with van der Waals surface area (Å²) in [5, 5.41) is 3.31. The molecule has 0 radical (unpaired) electrons. The highest BCUT2D eigenvalue weighted by molar-refractivity contribution is 5.82. The molecule has 1 N–H and O–H groups in total. The minimum absolute atomic E-state index is 0.140. The number of carbonyl (C=O) groups excluding carboxylic acids is 1. The molecule has 0 saturated carbocycles. The number of hydrogen-bond donors (Lipinski definition) is 1. The van der Waals surface area contributed by atoms with E-state index in [9.17, 15) is 4.79 Å². The van der Waals surface area contributed by atoms with E-state index in [1.165, 1.54) is 6.42 Å². The monoisotopic (exact) mass is 267 g/mol. The van der Waals surface area contributed by atoms with Gasteiger partial charge in [0.05, 0.1) is 6.04 Å². The number of carbonyl (C=O) groups is 1. The van der Waals surface area contributed by atoms with Crippen molar-refractivity contribution >= 4 is 5.91 Å². The molecule has 3 rings (SSSR count). The average molecular weight is 267 g/mol. The molecule has 0 bridgehead atoms. The molecule has 1 amide bonds. The minimum atomic E-state index is 0.140. The zero-order valence-corrected chi connectivity index (χ0v) is 11.6. The summed E-state index contributed by atoms with van der Waals surface area (Å²) in [6, 6.07) is 0.703. The third-order valence-corrected chi connectivity index (χ3v) is 4.67. The summed E-state index contributed by atoms with van der Waals surface area (Å²) in [5.74, 6) is 0.366. The van der Waals surface area contributed by atoms with E-state index in [2.05, 4.69) is 15.1 Å². The molecule has 0 aromatic rings. The van der Waals surface area contributed by atoms with Crippen LogP contribution in [0.15, 0.2) is 0 Å². The van der Waals surface area contributed by atoms with Crippen molar-refractivity contribution in [3.8, 4) is 0 Å². The van der Waals surface area contributed by atoms with Crippen molar-refractivity contribution in [2.24, 2.45) is 0 Å². The van der Waals surface area contributed by atoms with Crippen LogP contribution < -0.4 is 5.32 Å². The van der Waals surface area contributed by atoms with Crippen LogP contribution in [0, 0.1) is 0 Å². The summed E-state index contributed by atoms with van der Waals surface area (Å²) >= 11 is 0. The Morgan fingerprint density at radius 1 is 1.05 bits per heavy atom. The molecule has 5 heteroatoms. The summed E-state index contributed by atoms with van der Waals surface area (Å²) in [6.07, 6.45) is 4.39. The molecule has 3 aliphatic heterocycles. The summed E-state index contributed by atoms with van der Waals surface area (Å²) in [7, 11) is 0. The van der Waals surface area contributed by atoms with Gasteiger partial charge in [-0.3, -0.25) is 9.69 Å². The van der Waals surface area contributed by atoms with E-state index in [-0.39, 0.29) is 6.04 Å². The second-order valence-electron chi connectivity index (χ2n) is 5.81. The maximum Gasteiger partial charge on any atom is 0.240 e. The Morgan fingerprint density at radius 2 is 1.79 bits per heavy atom. The smallest absolute Gasteiger partial charge is 0.240 e. The first kappa shape index (κ1) is 13.3. The first-order valence-corrected chi connectivity index (χ1v) is 7.69. The first-order chi connectivity index (χ1) is 9.36. The molecule has 0 aliphatic carbocycles. The zero-order valence-electron chi connectivity index (χ0n) is 11.6. The second kappa shape index (κ2) is 6.20. The predicted molar refractivity (Wildman–Crippen MR) is 73.0 cm³/mol. The molecular formula is C14H25N3O2. The van der Waals surface area contributed by atoms with Gasteiger partial charge in [-0.25, -0.2) is 0 Å². The van der Waals surface area contributed by atoms with Gasteiger partial charge in [-0.05, 0) is 32.2 Å². The Hall–Kier alpha value is -0.650. The number of piperazine rings is 1. The fraction of sp³-hybridized carbons (Fsp3) is 0.929. The highest BCUT2D eigenvalue weighted by Crippen LogP contribution is 2.26. The molecule has 0 aromatic carbocycles. The number of amides is 1. The van der Waals surface area contributed by atoms with Gasteiger partial charge in [0, 0.05) is 45.4 Å². The van der Waals surface area contributed by atoms with Crippen molar-refractivity contribution < 1.29 is 9.53 Å². The minimum Gasteiger partial charge on any atom is -0.381 e. The molecule has 5 nitrogen and oxygen atoms in total. The van der Waals surface area contributed by atoms with Crippen molar-refractivity contribution in [2.75, 3.05) is 45.9 Å². The molecule has 3 heterocycles. The van der Waals surface area contributed by atoms with Crippen molar-refractivity contribution in [1.29, 1.82) is 0 Å². The highest BCUT2D eigenvalue weighted by atomic mass is 16.5. The lowest BCUT2D eigenvalue weighted by molar-refractivity contribution is -0.138. The van der Waals surface area contributed by atoms with E-state index in [0.29, 0.717) is 11.9 Å². The Balaban J connectivity index is 1.62. The molecule has 0 aromatic heterocycles. The first-order valence-electron chi connectivity index (χ1n) is 7.69. The zero-order chi connectivity index (χ0) is 13.1. The molecule has 1 unspecified atom stereocenters. The summed E-state index contributed by atoms with van der Waals surface area (Å²) < 4.78 is 5.44. The van der Waals surface area contributed by atoms with E-state index in [1.807, 2.05) is 0 Å². The third-order valence-electron chi connectivity index (χ3n) is 4.67. The van der Waals surface area contributed by atoms with Gasteiger partial charge in [-0.2, -0.15) is 0 Å². The molecule has 19 heavy (non-hydrogen) atoms. The Morgan fingerprint density at radius 3 is 2.53 bits per heavy atom. The third kappa shape index (κ3) is 2.93. The van der Waals surface area contributed by atoms with E-state index in [4.69, 9.17) is 4.74 Å². The SMILES string of the molecule is O=C(C1CCCN1C1CCOCC1)N1CCNCC1. The lowest BCUT2D eigenvalue weighted by atomic mass is 10.1. The number of hydrogen-bond acceptors (Lipinski definition) is 4. The lowest BCUT2D eigenvalue weighted by Gasteiger charge is -2.37. The molecule has 0 spiro atoms. The van der Waals surface area contributed by atoms with Crippen LogP contribution >= 0.6 is 0 Å². The average Bonchev–Trinajstić information content (AvgIpc) is 2.98. The molecule has 1 atom stereocenters. The van der Waals surface area contributed by atoms with Crippen molar-refractivity contribution in [1.82, 2.24) is 15.1 Å².